The number of amides is 1. The van der Waals surface area contributed by atoms with Gasteiger partial charge in [-0.05, 0) is 36.2 Å². The zero-order valence-electron chi connectivity index (χ0n) is 14.9. The van der Waals surface area contributed by atoms with E-state index in [1.807, 2.05) is 24.1 Å². The molecule has 3 rings (SSSR count). The van der Waals surface area contributed by atoms with E-state index in [-0.39, 0.29) is 5.56 Å². The minimum Gasteiger partial charge on any atom is -0.344 e. The summed E-state index contributed by atoms with van der Waals surface area (Å²) in [4.78, 5) is 26.2. The number of carbonyl (C=O) groups is 1. The van der Waals surface area contributed by atoms with Crippen molar-refractivity contribution in [1.82, 2.24) is 15.0 Å². The van der Waals surface area contributed by atoms with Gasteiger partial charge in [0.05, 0.1) is 11.3 Å². The molecule has 9 heteroatoms. The zero-order chi connectivity index (χ0) is 20.1. The Morgan fingerprint density at radius 3 is 2.39 bits per heavy atom. The third-order valence-electron chi connectivity index (χ3n) is 4.01. The number of benzene rings is 1. The van der Waals surface area contributed by atoms with E-state index in [0.717, 1.165) is 24.1 Å². The van der Waals surface area contributed by atoms with Crippen LogP contribution in [0.5, 0.6) is 0 Å². The van der Waals surface area contributed by atoms with Gasteiger partial charge in [-0.15, -0.1) is 0 Å². The molecule has 1 N–H and O–H groups in total. The Hall–Kier alpha value is -3.49. The second-order valence-corrected chi connectivity index (χ2v) is 5.98. The van der Waals surface area contributed by atoms with Crippen molar-refractivity contribution in [2.24, 2.45) is 0 Å². The SMILES string of the molecule is CN(CCc1ccncc1)c1ncc(C(=O)Nc2ccc(F)c(F)c2F)cn1. The molecular weight excluding hydrogens is 371 g/mol. The number of hydrogen-bond donors (Lipinski definition) is 1. The Kier molecular flexibility index (Phi) is 5.83. The number of likely N-dealkylation sites (N-methyl/N-ethyl adjacent to an activating group) is 1. The lowest BCUT2D eigenvalue weighted by Crippen LogP contribution is -2.23. The fourth-order valence-corrected chi connectivity index (χ4v) is 2.40. The maximum absolute atomic E-state index is 13.7. The third kappa shape index (κ3) is 4.43. The molecule has 6 nitrogen and oxygen atoms in total. The van der Waals surface area contributed by atoms with Crippen molar-refractivity contribution in [1.29, 1.82) is 0 Å². The lowest BCUT2D eigenvalue weighted by atomic mass is 10.2. The molecule has 0 aliphatic carbocycles. The van der Waals surface area contributed by atoms with E-state index < -0.39 is 29.0 Å². The third-order valence-corrected chi connectivity index (χ3v) is 4.01. The summed E-state index contributed by atoms with van der Waals surface area (Å²) < 4.78 is 39.9. The number of anilines is 2. The summed E-state index contributed by atoms with van der Waals surface area (Å²) in [6.45, 7) is 0.648. The number of carbonyl (C=O) groups excluding carboxylic acids is 1. The predicted octanol–water partition coefficient (Wildman–Crippen LogP) is 3.22. The van der Waals surface area contributed by atoms with Gasteiger partial charge in [-0.2, -0.15) is 0 Å². The summed E-state index contributed by atoms with van der Waals surface area (Å²) in [5.74, 6) is -4.79. The van der Waals surface area contributed by atoms with Gasteiger partial charge >= 0.3 is 0 Å². The van der Waals surface area contributed by atoms with E-state index >= 15 is 0 Å². The van der Waals surface area contributed by atoms with Crippen molar-refractivity contribution in [2.75, 3.05) is 23.8 Å². The number of nitrogens with zero attached hydrogens (tertiary/aromatic N) is 4. The van der Waals surface area contributed by atoms with Crippen LogP contribution in [0.2, 0.25) is 0 Å². The van der Waals surface area contributed by atoms with Crippen LogP contribution in [0.15, 0.2) is 49.1 Å². The van der Waals surface area contributed by atoms with Crippen molar-refractivity contribution in [3.8, 4) is 0 Å². The fraction of sp³-hybridized carbons (Fsp3) is 0.158. The van der Waals surface area contributed by atoms with E-state index in [4.69, 9.17) is 0 Å². The second-order valence-electron chi connectivity index (χ2n) is 5.98. The molecule has 2 aromatic heterocycles. The molecule has 2 heterocycles. The lowest BCUT2D eigenvalue weighted by molar-refractivity contribution is 0.102. The molecule has 144 valence electrons. The number of aromatic nitrogens is 3. The Labute approximate surface area is 159 Å². The Bertz CT molecular complexity index is 967. The Morgan fingerprint density at radius 2 is 1.71 bits per heavy atom. The second kappa shape index (κ2) is 8.47. The van der Waals surface area contributed by atoms with Crippen LogP contribution in [0, 0.1) is 17.5 Å². The molecule has 1 amide bonds. The highest BCUT2D eigenvalue weighted by molar-refractivity contribution is 6.03. The van der Waals surface area contributed by atoms with Gasteiger partial charge in [0.25, 0.3) is 5.91 Å². The standard InChI is InChI=1S/C19H16F3N5O/c1-27(9-6-12-4-7-23-8-5-12)19-24-10-13(11-25-19)18(28)26-15-3-2-14(20)16(21)17(15)22/h2-5,7-8,10-11H,6,9H2,1H3,(H,26,28). The summed E-state index contributed by atoms with van der Waals surface area (Å²) >= 11 is 0. The molecule has 0 spiro atoms. The summed E-state index contributed by atoms with van der Waals surface area (Å²) in [6, 6.07) is 5.50. The number of nitrogens with one attached hydrogen (secondary N) is 1. The van der Waals surface area contributed by atoms with Crippen molar-refractivity contribution in [2.45, 2.75) is 6.42 Å². The molecule has 0 fully saturated rings. The normalized spacial score (nSPS) is 10.6. The number of rotatable bonds is 6. The van der Waals surface area contributed by atoms with Gasteiger partial charge in [0, 0.05) is 38.4 Å². The van der Waals surface area contributed by atoms with Crippen molar-refractivity contribution in [3.63, 3.8) is 0 Å². The molecule has 0 aliphatic heterocycles. The molecule has 1 aromatic carbocycles. The molecule has 0 bridgehead atoms. The van der Waals surface area contributed by atoms with E-state index in [2.05, 4.69) is 20.3 Å². The maximum atomic E-state index is 13.7. The Balaban J connectivity index is 1.63. The van der Waals surface area contributed by atoms with Gasteiger partial charge in [-0.3, -0.25) is 9.78 Å². The zero-order valence-corrected chi connectivity index (χ0v) is 14.9. The minimum atomic E-state index is -1.65. The predicted molar refractivity (Wildman–Crippen MR) is 97.5 cm³/mol. The maximum Gasteiger partial charge on any atom is 0.258 e. The molecular formula is C19H16F3N5O. The first-order valence-electron chi connectivity index (χ1n) is 8.32. The van der Waals surface area contributed by atoms with Crippen molar-refractivity contribution < 1.29 is 18.0 Å². The highest BCUT2D eigenvalue weighted by Crippen LogP contribution is 2.20. The molecule has 0 saturated heterocycles. The lowest BCUT2D eigenvalue weighted by Gasteiger charge is -2.17. The van der Waals surface area contributed by atoms with E-state index in [1.165, 1.54) is 12.4 Å². The van der Waals surface area contributed by atoms with Crippen LogP contribution < -0.4 is 10.2 Å². The molecule has 3 aromatic rings. The number of hydrogen-bond acceptors (Lipinski definition) is 5. The van der Waals surface area contributed by atoms with Crippen LogP contribution in [0.3, 0.4) is 0 Å². The van der Waals surface area contributed by atoms with Gasteiger partial charge in [-0.1, -0.05) is 0 Å². The highest BCUT2D eigenvalue weighted by Gasteiger charge is 2.16. The first kappa shape index (κ1) is 19.3. The molecule has 0 atom stereocenters. The number of pyridine rings is 1. The number of halogens is 3. The summed E-state index contributed by atoms with van der Waals surface area (Å²) in [5, 5.41) is 2.17. The van der Waals surface area contributed by atoms with Crippen LogP contribution in [-0.4, -0.2) is 34.5 Å². The molecule has 0 unspecified atom stereocenters. The van der Waals surface area contributed by atoms with Crippen molar-refractivity contribution in [3.05, 3.63) is 77.6 Å². The smallest absolute Gasteiger partial charge is 0.258 e. The monoisotopic (exact) mass is 387 g/mol. The summed E-state index contributed by atoms with van der Waals surface area (Å²) in [6.07, 6.45) is 6.75. The average molecular weight is 387 g/mol. The van der Waals surface area contributed by atoms with Gasteiger partial charge in [-0.25, -0.2) is 23.1 Å². The molecule has 28 heavy (non-hydrogen) atoms. The first-order valence-corrected chi connectivity index (χ1v) is 8.32. The largest absolute Gasteiger partial charge is 0.344 e. The first-order chi connectivity index (χ1) is 13.5. The molecule has 0 radical (unpaired) electrons. The summed E-state index contributed by atoms with van der Waals surface area (Å²) in [5.41, 5.74) is 0.698. The van der Waals surface area contributed by atoms with E-state index in [1.54, 1.807) is 12.4 Å². The van der Waals surface area contributed by atoms with E-state index in [9.17, 15) is 18.0 Å². The van der Waals surface area contributed by atoms with Gasteiger partial charge < -0.3 is 10.2 Å². The average Bonchev–Trinajstić information content (AvgIpc) is 2.73. The van der Waals surface area contributed by atoms with Gasteiger partial charge in [0.1, 0.15) is 0 Å². The molecule has 0 aliphatic rings. The van der Waals surface area contributed by atoms with Crippen LogP contribution >= 0.6 is 0 Å². The van der Waals surface area contributed by atoms with Crippen LogP contribution in [0.1, 0.15) is 15.9 Å². The van der Waals surface area contributed by atoms with Crippen LogP contribution in [0.25, 0.3) is 0 Å². The topological polar surface area (TPSA) is 71.0 Å². The Morgan fingerprint density at radius 1 is 1.04 bits per heavy atom. The van der Waals surface area contributed by atoms with Crippen molar-refractivity contribution >= 4 is 17.5 Å². The fourth-order valence-electron chi connectivity index (χ4n) is 2.40. The summed E-state index contributed by atoms with van der Waals surface area (Å²) in [7, 11) is 1.81. The minimum absolute atomic E-state index is 0.0513. The quantitative estimate of drug-likeness (QED) is 0.658. The van der Waals surface area contributed by atoms with Crippen LogP contribution in [0.4, 0.5) is 24.8 Å². The van der Waals surface area contributed by atoms with E-state index in [0.29, 0.717) is 12.5 Å². The van der Waals surface area contributed by atoms with Crippen LogP contribution in [-0.2, 0) is 6.42 Å². The molecule has 0 saturated carbocycles. The highest BCUT2D eigenvalue weighted by atomic mass is 19.2. The van der Waals surface area contributed by atoms with Gasteiger partial charge in [0.2, 0.25) is 5.95 Å². The van der Waals surface area contributed by atoms with Gasteiger partial charge in [0.15, 0.2) is 17.5 Å².